The van der Waals surface area contributed by atoms with Gasteiger partial charge in [-0.25, -0.2) is 0 Å². The molecule has 0 fully saturated rings. The lowest BCUT2D eigenvalue weighted by Crippen LogP contribution is -2.31. The predicted octanol–water partition coefficient (Wildman–Crippen LogP) is 3.11. The van der Waals surface area contributed by atoms with Gasteiger partial charge in [0.25, 0.3) is 5.91 Å². The molecule has 3 N–H and O–H groups in total. The van der Waals surface area contributed by atoms with Crippen molar-refractivity contribution in [1.82, 2.24) is 15.3 Å². The molecule has 1 aliphatic heterocycles. The van der Waals surface area contributed by atoms with Crippen LogP contribution in [0.2, 0.25) is 0 Å². The summed E-state index contributed by atoms with van der Waals surface area (Å²) in [4.78, 5) is 19.8. The van der Waals surface area contributed by atoms with Crippen molar-refractivity contribution in [2.75, 3.05) is 11.9 Å². The first-order valence-corrected chi connectivity index (χ1v) is 7.58. The Kier molecular flexibility index (Phi) is 3.31. The molecule has 0 bridgehead atoms. The summed E-state index contributed by atoms with van der Waals surface area (Å²) in [7, 11) is 0. The van der Waals surface area contributed by atoms with Crippen LogP contribution in [0.4, 0.5) is 11.4 Å². The van der Waals surface area contributed by atoms with Gasteiger partial charge in [0.05, 0.1) is 16.9 Å². The Morgan fingerprint density at radius 2 is 1.83 bits per heavy atom. The van der Waals surface area contributed by atoms with Crippen LogP contribution in [0.1, 0.15) is 16.1 Å². The van der Waals surface area contributed by atoms with Crippen molar-refractivity contribution in [3.05, 3.63) is 66.1 Å². The third kappa shape index (κ3) is 2.46. The van der Waals surface area contributed by atoms with Crippen molar-refractivity contribution in [1.29, 1.82) is 0 Å². The molecule has 0 unspecified atom stereocenters. The standard InChI is InChI=1S/C18H16N4O/c23-18-15-14(8-11-20-18)22-16(12-6-9-19-10-7-12)17(15)21-13-4-2-1-3-5-13/h1-7,9-10,21-22H,8,11H2,(H,20,23). The lowest BCUT2D eigenvalue weighted by Gasteiger charge is -2.15. The average molecular weight is 304 g/mol. The summed E-state index contributed by atoms with van der Waals surface area (Å²) in [5, 5.41) is 6.31. The predicted molar refractivity (Wildman–Crippen MR) is 89.8 cm³/mol. The van der Waals surface area contributed by atoms with E-state index in [1.54, 1.807) is 12.4 Å². The summed E-state index contributed by atoms with van der Waals surface area (Å²) in [6.07, 6.45) is 4.30. The Hall–Kier alpha value is -3.08. The highest BCUT2D eigenvalue weighted by Gasteiger charge is 2.26. The molecule has 4 rings (SSSR count). The summed E-state index contributed by atoms with van der Waals surface area (Å²) in [6, 6.07) is 13.7. The summed E-state index contributed by atoms with van der Waals surface area (Å²) in [5.74, 6) is -0.0405. The second-order valence-corrected chi connectivity index (χ2v) is 5.46. The number of nitrogens with zero attached hydrogens (tertiary/aromatic N) is 1. The van der Waals surface area contributed by atoms with Gasteiger partial charge >= 0.3 is 0 Å². The van der Waals surface area contributed by atoms with Crippen molar-refractivity contribution in [3.63, 3.8) is 0 Å². The lowest BCUT2D eigenvalue weighted by molar-refractivity contribution is 0.0947. The van der Waals surface area contributed by atoms with Gasteiger partial charge in [0, 0.05) is 42.3 Å². The van der Waals surface area contributed by atoms with E-state index in [0.717, 1.165) is 34.7 Å². The van der Waals surface area contributed by atoms with Crippen molar-refractivity contribution in [3.8, 4) is 11.3 Å². The first-order chi connectivity index (χ1) is 11.3. The van der Waals surface area contributed by atoms with Gasteiger partial charge in [-0.05, 0) is 24.3 Å². The maximum atomic E-state index is 12.4. The van der Waals surface area contributed by atoms with Gasteiger partial charge in [-0.2, -0.15) is 0 Å². The molecule has 5 nitrogen and oxygen atoms in total. The summed E-state index contributed by atoms with van der Waals surface area (Å²) < 4.78 is 0. The van der Waals surface area contributed by atoms with Crippen LogP contribution in [-0.4, -0.2) is 22.4 Å². The van der Waals surface area contributed by atoms with E-state index in [1.807, 2.05) is 42.5 Å². The highest BCUT2D eigenvalue weighted by molar-refractivity contribution is 6.06. The summed E-state index contributed by atoms with van der Waals surface area (Å²) in [5.41, 5.74) is 5.35. The first-order valence-electron chi connectivity index (χ1n) is 7.58. The van der Waals surface area contributed by atoms with Crippen molar-refractivity contribution in [2.24, 2.45) is 0 Å². The Morgan fingerprint density at radius 1 is 1.04 bits per heavy atom. The SMILES string of the molecule is O=C1NCCc2[nH]c(-c3ccncc3)c(Nc3ccccc3)c21. The number of H-pyrrole nitrogens is 1. The van der Waals surface area contributed by atoms with Crippen LogP contribution in [-0.2, 0) is 6.42 Å². The first kappa shape index (κ1) is 13.6. The van der Waals surface area contributed by atoms with Gasteiger partial charge in [-0.1, -0.05) is 18.2 Å². The molecule has 0 radical (unpaired) electrons. The minimum Gasteiger partial charge on any atom is -0.356 e. The highest BCUT2D eigenvalue weighted by atomic mass is 16.1. The number of fused-ring (bicyclic) bond motifs is 1. The molecule has 1 aliphatic rings. The molecular weight excluding hydrogens is 288 g/mol. The smallest absolute Gasteiger partial charge is 0.255 e. The largest absolute Gasteiger partial charge is 0.356 e. The zero-order chi connectivity index (χ0) is 15.6. The van der Waals surface area contributed by atoms with Gasteiger partial charge in [0.1, 0.15) is 0 Å². The van der Waals surface area contributed by atoms with E-state index < -0.39 is 0 Å². The van der Waals surface area contributed by atoms with Gasteiger partial charge in [-0.15, -0.1) is 0 Å². The van der Waals surface area contributed by atoms with Gasteiger partial charge < -0.3 is 15.6 Å². The number of anilines is 2. The van der Waals surface area contributed by atoms with E-state index in [1.165, 1.54) is 0 Å². The second kappa shape index (κ2) is 5.61. The Bertz CT molecular complexity index is 840. The number of para-hydroxylation sites is 1. The number of rotatable bonds is 3. The normalized spacial score (nSPS) is 13.3. The zero-order valence-corrected chi connectivity index (χ0v) is 12.5. The molecule has 2 aromatic heterocycles. The number of pyridine rings is 1. The molecule has 0 aliphatic carbocycles. The number of aromatic amines is 1. The van der Waals surface area contributed by atoms with E-state index in [2.05, 4.69) is 20.6 Å². The van der Waals surface area contributed by atoms with Gasteiger partial charge in [0.15, 0.2) is 0 Å². The molecule has 0 atom stereocenters. The molecule has 1 aromatic carbocycles. The number of carbonyl (C=O) groups excluding carboxylic acids is 1. The van der Waals surface area contributed by atoms with E-state index in [4.69, 9.17) is 0 Å². The van der Waals surface area contributed by atoms with E-state index in [-0.39, 0.29) is 5.91 Å². The van der Waals surface area contributed by atoms with Crippen LogP contribution < -0.4 is 10.6 Å². The van der Waals surface area contributed by atoms with Crippen molar-refractivity contribution in [2.45, 2.75) is 6.42 Å². The van der Waals surface area contributed by atoms with Crippen LogP contribution in [0.3, 0.4) is 0 Å². The van der Waals surface area contributed by atoms with Crippen molar-refractivity contribution < 1.29 is 4.79 Å². The topological polar surface area (TPSA) is 69.8 Å². The fourth-order valence-corrected chi connectivity index (χ4v) is 2.91. The van der Waals surface area contributed by atoms with E-state index in [9.17, 15) is 4.79 Å². The average Bonchev–Trinajstić information content (AvgIpc) is 2.96. The molecule has 5 heteroatoms. The third-order valence-electron chi connectivity index (χ3n) is 3.98. The minimum atomic E-state index is -0.0405. The molecule has 1 amide bonds. The summed E-state index contributed by atoms with van der Waals surface area (Å²) >= 11 is 0. The zero-order valence-electron chi connectivity index (χ0n) is 12.5. The number of hydrogen-bond donors (Lipinski definition) is 3. The van der Waals surface area contributed by atoms with Crippen LogP contribution >= 0.6 is 0 Å². The maximum absolute atomic E-state index is 12.4. The van der Waals surface area contributed by atoms with Crippen LogP contribution in [0.5, 0.6) is 0 Å². The minimum absolute atomic E-state index is 0.0405. The molecule has 3 aromatic rings. The number of aromatic nitrogens is 2. The quantitative estimate of drug-likeness (QED) is 0.696. The molecule has 3 heterocycles. The maximum Gasteiger partial charge on any atom is 0.255 e. The number of benzene rings is 1. The Labute approximate surface area is 133 Å². The fraction of sp³-hybridized carbons (Fsp3) is 0.111. The molecule has 0 saturated carbocycles. The number of hydrogen-bond acceptors (Lipinski definition) is 3. The molecule has 114 valence electrons. The Balaban J connectivity index is 1.87. The Morgan fingerprint density at radius 3 is 2.61 bits per heavy atom. The van der Waals surface area contributed by atoms with Crippen LogP contribution in [0, 0.1) is 0 Å². The number of amides is 1. The van der Waals surface area contributed by atoms with E-state index in [0.29, 0.717) is 12.1 Å². The van der Waals surface area contributed by atoms with Crippen LogP contribution in [0.25, 0.3) is 11.3 Å². The molecule has 0 spiro atoms. The lowest BCUT2D eigenvalue weighted by atomic mass is 10.1. The number of nitrogens with one attached hydrogen (secondary N) is 3. The second-order valence-electron chi connectivity index (χ2n) is 5.46. The van der Waals surface area contributed by atoms with Crippen molar-refractivity contribution >= 4 is 17.3 Å². The van der Waals surface area contributed by atoms with Gasteiger partial charge in [-0.3, -0.25) is 9.78 Å². The number of carbonyl (C=O) groups is 1. The van der Waals surface area contributed by atoms with E-state index >= 15 is 0 Å². The summed E-state index contributed by atoms with van der Waals surface area (Å²) in [6.45, 7) is 0.660. The van der Waals surface area contributed by atoms with Crippen LogP contribution in [0.15, 0.2) is 54.9 Å². The monoisotopic (exact) mass is 304 g/mol. The fourth-order valence-electron chi connectivity index (χ4n) is 2.91. The molecule has 0 saturated heterocycles. The van der Waals surface area contributed by atoms with Gasteiger partial charge in [0.2, 0.25) is 0 Å². The third-order valence-corrected chi connectivity index (χ3v) is 3.98. The molecular formula is C18H16N4O. The molecule has 23 heavy (non-hydrogen) atoms. The highest BCUT2D eigenvalue weighted by Crippen LogP contribution is 2.36.